The van der Waals surface area contributed by atoms with Crippen LogP contribution in [0.3, 0.4) is 0 Å². The number of aliphatic hydroxyl groups is 1. The van der Waals surface area contributed by atoms with Crippen molar-refractivity contribution in [3.05, 3.63) is 34.6 Å². The Kier molecular flexibility index (Phi) is 2.12. The van der Waals surface area contributed by atoms with E-state index in [9.17, 15) is 5.11 Å². The Morgan fingerprint density at radius 1 is 1.62 bits per heavy atom. The average Bonchev–Trinajstić information content (AvgIpc) is 2.72. The van der Waals surface area contributed by atoms with Gasteiger partial charge in [-0.15, -0.1) is 5.10 Å². The van der Waals surface area contributed by atoms with E-state index in [2.05, 4.69) is 14.6 Å². The van der Waals surface area contributed by atoms with Crippen molar-refractivity contribution in [2.75, 3.05) is 0 Å². The molecule has 0 amide bonds. The van der Waals surface area contributed by atoms with Crippen molar-refractivity contribution in [1.29, 1.82) is 0 Å². The highest BCUT2D eigenvalue weighted by Crippen LogP contribution is 2.24. The summed E-state index contributed by atoms with van der Waals surface area (Å²) in [5.74, 6) is 0. The monoisotopic (exact) mass is 195 g/mol. The second kappa shape index (κ2) is 3.27. The van der Waals surface area contributed by atoms with Crippen LogP contribution in [0, 0.1) is 6.92 Å². The van der Waals surface area contributed by atoms with Gasteiger partial charge in [-0.3, -0.25) is 0 Å². The van der Waals surface area contributed by atoms with Crippen LogP contribution in [0.5, 0.6) is 0 Å². The van der Waals surface area contributed by atoms with Gasteiger partial charge in [-0.05, 0) is 30.6 Å². The molecule has 0 aromatic carbocycles. The van der Waals surface area contributed by atoms with Crippen LogP contribution in [-0.2, 0) is 0 Å². The van der Waals surface area contributed by atoms with Gasteiger partial charge in [0.15, 0.2) is 0 Å². The van der Waals surface area contributed by atoms with Crippen LogP contribution in [0.4, 0.5) is 0 Å². The summed E-state index contributed by atoms with van der Waals surface area (Å²) < 4.78 is 3.77. The number of hydrogen-bond donors (Lipinski definition) is 2. The zero-order chi connectivity index (χ0) is 9.26. The van der Waals surface area contributed by atoms with E-state index in [1.54, 1.807) is 6.20 Å². The molecule has 1 atom stereocenters. The highest BCUT2D eigenvalue weighted by molar-refractivity contribution is 7.05. The predicted molar refractivity (Wildman–Crippen MR) is 49.5 cm³/mol. The molecule has 5 heteroatoms. The summed E-state index contributed by atoms with van der Waals surface area (Å²) in [6.07, 6.45) is 1.15. The molecule has 0 radical (unpaired) electrons. The third kappa shape index (κ3) is 1.48. The van der Waals surface area contributed by atoms with Gasteiger partial charge >= 0.3 is 0 Å². The first kappa shape index (κ1) is 8.40. The van der Waals surface area contributed by atoms with E-state index in [4.69, 9.17) is 0 Å². The second-order valence-corrected chi connectivity index (χ2v) is 3.54. The van der Waals surface area contributed by atoms with Gasteiger partial charge in [-0.2, -0.15) is 0 Å². The average molecular weight is 195 g/mol. The lowest BCUT2D eigenvalue weighted by molar-refractivity contribution is 0.219. The van der Waals surface area contributed by atoms with Crippen LogP contribution in [-0.4, -0.2) is 19.7 Å². The summed E-state index contributed by atoms with van der Waals surface area (Å²) in [6.45, 7) is 1.84. The Balaban J connectivity index is 2.33. The summed E-state index contributed by atoms with van der Waals surface area (Å²) in [7, 11) is 0. The Morgan fingerprint density at radius 3 is 3.00 bits per heavy atom. The van der Waals surface area contributed by atoms with E-state index < -0.39 is 6.10 Å². The number of hydrogen-bond acceptors (Lipinski definition) is 4. The fourth-order valence-corrected chi connectivity index (χ4v) is 1.80. The zero-order valence-electron chi connectivity index (χ0n) is 7.06. The maximum Gasteiger partial charge on any atom is 0.131 e. The maximum atomic E-state index is 9.85. The number of aliphatic hydroxyl groups excluding tert-OH is 1. The Hall–Kier alpha value is -1.20. The largest absolute Gasteiger partial charge is 0.381 e. The van der Waals surface area contributed by atoms with Crippen molar-refractivity contribution in [3.8, 4) is 0 Å². The lowest BCUT2D eigenvalue weighted by Gasteiger charge is -2.05. The molecule has 0 saturated heterocycles. The topological polar surface area (TPSA) is 61.8 Å². The predicted octanol–water partition coefficient (Wildman–Crippen LogP) is 1.26. The first-order valence-electron chi connectivity index (χ1n) is 3.89. The molecular weight excluding hydrogens is 186 g/mol. The summed E-state index contributed by atoms with van der Waals surface area (Å²) >= 11 is 1.22. The first-order valence-corrected chi connectivity index (χ1v) is 4.66. The number of aryl methyl sites for hydroxylation is 1. The Bertz CT molecular complexity index is 382. The third-order valence-electron chi connectivity index (χ3n) is 1.85. The fraction of sp³-hybridized carbons (Fsp3) is 0.250. The van der Waals surface area contributed by atoms with Gasteiger partial charge in [0, 0.05) is 11.9 Å². The van der Waals surface area contributed by atoms with Gasteiger partial charge in [0.2, 0.25) is 0 Å². The van der Waals surface area contributed by atoms with Gasteiger partial charge in [0.05, 0.1) is 10.6 Å². The van der Waals surface area contributed by atoms with Gasteiger partial charge in [-0.25, -0.2) is 0 Å². The SMILES string of the molecule is Cc1nnsc1C(O)c1ccc[nH]1. The molecule has 4 nitrogen and oxygen atoms in total. The van der Waals surface area contributed by atoms with Crippen LogP contribution in [0.25, 0.3) is 0 Å². The van der Waals surface area contributed by atoms with E-state index >= 15 is 0 Å². The maximum absolute atomic E-state index is 9.85. The Labute approximate surface area is 79.4 Å². The minimum absolute atomic E-state index is 0.630. The molecule has 0 aliphatic carbocycles. The number of aromatic nitrogens is 3. The molecule has 1 unspecified atom stereocenters. The van der Waals surface area contributed by atoms with Crippen LogP contribution < -0.4 is 0 Å². The molecule has 2 N–H and O–H groups in total. The van der Waals surface area contributed by atoms with Crippen molar-refractivity contribution in [3.63, 3.8) is 0 Å². The first-order chi connectivity index (χ1) is 6.29. The molecular formula is C8H9N3OS. The quantitative estimate of drug-likeness (QED) is 0.758. The molecule has 0 aliphatic rings. The summed E-state index contributed by atoms with van der Waals surface area (Å²) in [5.41, 5.74) is 1.56. The zero-order valence-corrected chi connectivity index (χ0v) is 7.88. The van der Waals surface area contributed by atoms with E-state index in [0.717, 1.165) is 16.3 Å². The highest BCUT2D eigenvalue weighted by atomic mass is 32.1. The van der Waals surface area contributed by atoms with Crippen molar-refractivity contribution >= 4 is 11.5 Å². The van der Waals surface area contributed by atoms with Crippen LogP contribution in [0.1, 0.15) is 22.4 Å². The molecule has 2 heterocycles. The second-order valence-electron chi connectivity index (χ2n) is 2.75. The minimum atomic E-state index is -0.630. The van der Waals surface area contributed by atoms with Crippen molar-refractivity contribution in [1.82, 2.24) is 14.6 Å². The lowest BCUT2D eigenvalue weighted by Crippen LogP contribution is -1.99. The molecule has 2 aromatic rings. The molecule has 2 rings (SSSR count). The Morgan fingerprint density at radius 2 is 2.46 bits per heavy atom. The molecule has 0 aliphatic heterocycles. The number of nitrogens with one attached hydrogen (secondary N) is 1. The van der Waals surface area contributed by atoms with Gasteiger partial charge in [-0.1, -0.05) is 4.49 Å². The van der Waals surface area contributed by atoms with E-state index in [1.807, 2.05) is 19.1 Å². The van der Waals surface area contributed by atoms with Gasteiger partial charge < -0.3 is 10.1 Å². The lowest BCUT2D eigenvalue weighted by atomic mass is 10.2. The van der Waals surface area contributed by atoms with Gasteiger partial charge in [0.1, 0.15) is 6.10 Å². The van der Waals surface area contributed by atoms with Crippen LogP contribution in [0.2, 0.25) is 0 Å². The van der Waals surface area contributed by atoms with E-state index in [1.165, 1.54) is 11.5 Å². The van der Waals surface area contributed by atoms with Crippen LogP contribution >= 0.6 is 11.5 Å². The summed E-state index contributed by atoms with van der Waals surface area (Å²) in [4.78, 5) is 3.75. The van der Waals surface area contributed by atoms with Crippen molar-refractivity contribution in [2.24, 2.45) is 0 Å². The smallest absolute Gasteiger partial charge is 0.131 e. The van der Waals surface area contributed by atoms with Crippen molar-refractivity contribution < 1.29 is 5.11 Å². The minimum Gasteiger partial charge on any atom is -0.381 e. The number of aromatic amines is 1. The standard InChI is InChI=1S/C8H9N3OS/c1-5-8(13-11-10-5)7(12)6-3-2-4-9-6/h2-4,7,9,12H,1H3. The number of H-pyrrole nitrogens is 1. The fourth-order valence-electron chi connectivity index (χ4n) is 1.14. The van der Waals surface area contributed by atoms with Crippen LogP contribution in [0.15, 0.2) is 18.3 Å². The molecule has 0 saturated carbocycles. The highest BCUT2D eigenvalue weighted by Gasteiger charge is 2.16. The number of rotatable bonds is 2. The summed E-state index contributed by atoms with van der Waals surface area (Å²) in [5, 5.41) is 13.7. The third-order valence-corrected chi connectivity index (χ3v) is 2.73. The van der Waals surface area contributed by atoms with E-state index in [-0.39, 0.29) is 0 Å². The normalized spacial score (nSPS) is 13.1. The molecule has 0 spiro atoms. The molecule has 0 bridgehead atoms. The van der Waals surface area contributed by atoms with Crippen molar-refractivity contribution in [2.45, 2.75) is 13.0 Å². The molecule has 68 valence electrons. The number of nitrogens with zero attached hydrogens (tertiary/aromatic N) is 2. The molecule has 13 heavy (non-hydrogen) atoms. The molecule has 0 fully saturated rings. The van der Waals surface area contributed by atoms with E-state index in [0.29, 0.717) is 0 Å². The van der Waals surface area contributed by atoms with Gasteiger partial charge in [0.25, 0.3) is 0 Å². The molecule has 2 aromatic heterocycles. The summed E-state index contributed by atoms with van der Waals surface area (Å²) in [6, 6.07) is 3.69.